The number of carbonyl (C=O) groups is 1. The standard InChI is InChI=1S/C15H19F3N2O4S/c1-25(23,24)10-11-4-2-6-19(8-11)13(21)9-20-7-3-5-12(14(20)22)15(16,17)18/h3,5,7,11H,2,4,6,8-10H2,1H3/t11-/m1/s1. The van der Waals surface area contributed by atoms with Crippen molar-refractivity contribution in [2.24, 2.45) is 5.92 Å². The minimum absolute atomic E-state index is 0.0414. The molecule has 1 aromatic rings. The number of sulfone groups is 1. The molecule has 0 saturated carbocycles. The number of pyridine rings is 1. The molecule has 1 aliphatic rings. The van der Waals surface area contributed by atoms with Gasteiger partial charge >= 0.3 is 6.18 Å². The number of likely N-dealkylation sites (tertiary alicyclic amines) is 1. The predicted octanol–water partition coefficient (Wildman–Crippen LogP) is 1.15. The highest BCUT2D eigenvalue weighted by atomic mass is 32.2. The summed E-state index contributed by atoms with van der Waals surface area (Å²) in [5, 5.41) is 0. The summed E-state index contributed by atoms with van der Waals surface area (Å²) in [5.74, 6) is -0.745. The molecule has 6 nitrogen and oxygen atoms in total. The molecule has 25 heavy (non-hydrogen) atoms. The molecule has 1 aliphatic heterocycles. The van der Waals surface area contributed by atoms with Gasteiger partial charge < -0.3 is 9.47 Å². The fraction of sp³-hybridized carbons (Fsp3) is 0.600. The summed E-state index contributed by atoms with van der Waals surface area (Å²) in [7, 11) is -3.18. The van der Waals surface area contributed by atoms with Gasteiger partial charge in [-0.05, 0) is 30.9 Å². The first-order chi connectivity index (χ1) is 11.5. The van der Waals surface area contributed by atoms with Gasteiger partial charge in [0.25, 0.3) is 5.56 Å². The molecule has 0 radical (unpaired) electrons. The van der Waals surface area contributed by atoms with Crippen LogP contribution < -0.4 is 5.56 Å². The number of alkyl halides is 3. The Morgan fingerprint density at radius 3 is 2.64 bits per heavy atom. The Morgan fingerprint density at radius 1 is 1.36 bits per heavy atom. The molecule has 0 unspecified atom stereocenters. The summed E-state index contributed by atoms with van der Waals surface area (Å²) in [6.45, 7) is 0.112. The zero-order chi connectivity index (χ0) is 18.8. The molecule has 0 aliphatic carbocycles. The van der Waals surface area contributed by atoms with E-state index in [1.807, 2.05) is 0 Å². The molecule has 10 heteroatoms. The van der Waals surface area contributed by atoms with Crippen molar-refractivity contribution in [1.29, 1.82) is 0 Å². The van der Waals surface area contributed by atoms with Crippen molar-refractivity contribution in [1.82, 2.24) is 9.47 Å². The van der Waals surface area contributed by atoms with Gasteiger partial charge in [0.2, 0.25) is 5.91 Å². The minimum Gasteiger partial charge on any atom is -0.341 e. The number of halogens is 3. The molecule has 1 aromatic heterocycles. The molecule has 1 amide bonds. The SMILES string of the molecule is CS(=O)(=O)C[C@@H]1CCCN(C(=O)Cn2cccc(C(F)(F)F)c2=O)C1. The lowest BCUT2D eigenvalue weighted by Crippen LogP contribution is -2.44. The third-order valence-electron chi connectivity index (χ3n) is 4.04. The Balaban J connectivity index is 2.11. The highest BCUT2D eigenvalue weighted by Crippen LogP contribution is 2.26. The number of hydrogen-bond acceptors (Lipinski definition) is 4. The van der Waals surface area contributed by atoms with Crippen molar-refractivity contribution in [3.8, 4) is 0 Å². The lowest BCUT2D eigenvalue weighted by molar-refractivity contribution is -0.140. The average molecular weight is 380 g/mol. The Hall–Kier alpha value is -1.84. The van der Waals surface area contributed by atoms with E-state index in [1.165, 1.54) is 4.90 Å². The quantitative estimate of drug-likeness (QED) is 0.785. The van der Waals surface area contributed by atoms with E-state index < -0.39 is 39.6 Å². The Kier molecular flexibility index (Phi) is 5.60. The molecular weight excluding hydrogens is 361 g/mol. The first-order valence-electron chi connectivity index (χ1n) is 7.69. The molecule has 2 heterocycles. The lowest BCUT2D eigenvalue weighted by Gasteiger charge is -2.32. The number of piperidine rings is 1. The summed E-state index contributed by atoms with van der Waals surface area (Å²) < 4.78 is 61.8. The Labute approximate surface area is 143 Å². The van der Waals surface area contributed by atoms with E-state index in [4.69, 9.17) is 0 Å². The Morgan fingerprint density at radius 2 is 2.04 bits per heavy atom. The van der Waals surface area contributed by atoms with Crippen LogP contribution in [0.2, 0.25) is 0 Å². The zero-order valence-corrected chi connectivity index (χ0v) is 14.4. The number of carbonyl (C=O) groups excluding carboxylic acids is 1. The molecule has 0 bridgehead atoms. The molecule has 0 N–H and O–H groups in total. The lowest BCUT2D eigenvalue weighted by atomic mass is 10.00. The molecule has 1 fully saturated rings. The summed E-state index contributed by atoms with van der Waals surface area (Å²) in [6.07, 6.45) is -1.25. The second kappa shape index (κ2) is 7.19. The van der Waals surface area contributed by atoms with Gasteiger partial charge in [0.05, 0.1) is 5.75 Å². The van der Waals surface area contributed by atoms with Gasteiger partial charge in [-0.25, -0.2) is 8.42 Å². The summed E-state index contributed by atoms with van der Waals surface area (Å²) in [6, 6.07) is 1.74. The normalized spacial score (nSPS) is 19.0. The van der Waals surface area contributed by atoms with Crippen LogP contribution in [0.15, 0.2) is 23.1 Å². The monoisotopic (exact) mass is 380 g/mol. The highest BCUT2D eigenvalue weighted by molar-refractivity contribution is 7.90. The molecule has 1 atom stereocenters. The van der Waals surface area contributed by atoms with Crippen molar-refractivity contribution in [3.63, 3.8) is 0 Å². The van der Waals surface area contributed by atoms with Crippen LogP contribution >= 0.6 is 0 Å². The van der Waals surface area contributed by atoms with Gasteiger partial charge in [0, 0.05) is 25.5 Å². The third kappa shape index (κ3) is 5.32. The van der Waals surface area contributed by atoms with E-state index in [0.717, 1.165) is 23.1 Å². The summed E-state index contributed by atoms with van der Waals surface area (Å²) in [4.78, 5) is 25.6. The van der Waals surface area contributed by atoms with Crippen LogP contribution in [0.4, 0.5) is 13.2 Å². The zero-order valence-electron chi connectivity index (χ0n) is 13.6. The van der Waals surface area contributed by atoms with Crippen LogP contribution in [0.5, 0.6) is 0 Å². The average Bonchev–Trinajstić information content (AvgIpc) is 2.46. The molecular formula is C15H19F3N2O4S. The fourth-order valence-electron chi connectivity index (χ4n) is 2.98. The second-order valence-electron chi connectivity index (χ2n) is 6.29. The highest BCUT2D eigenvalue weighted by Gasteiger charge is 2.34. The van der Waals surface area contributed by atoms with Crippen molar-refractivity contribution >= 4 is 15.7 Å². The van der Waals surface area contributed by atoms with Crippen LogP contribution in [0.25, 0.3) is 0 Å². The minimum atomic E-state index is -4.78. The first-order valence-corrected chi connectivity index (χ1v) is 9.75. The first kappa shape index (κ1) is 19.5. The molecule has 0 aromatic carbocycles. The van der Waals surface area contributed by atoms with E-state index in [-0.39, 0.29) is 18.2 Å². The topological polar surface area (TPSA) is 76.5 Å². The molecule has 0 spiro atoms. The number of amides is 1. The maximum atomic E-state index is 12.8. The van der Waals surface area contributed by atoms with Gasteiger partial charge in [0.15, 0.2) is 0 Å². The summed E-state index contributed by atoms with van der Waals surface area (Å²) in [5.41, 5.74) is -2.59. The van der Waals surface area contributed by atoms with Crippen molar-refractivity contribution in [2.45, 2.75) is 25.6 Å². The molecule has 2 rings (SSSR count). The van der Waals surface area contributed by atoms with Crippen molar-refractivity contribution in [2.75, 3.05) is 25.1 Å². The van der Waals surface area contributed by atoms with Crippen LogP contribution in [0.1, 0.15) is 18.4 Å². The number of hydrogen-bond donors (Lipinski definition) is 0. The number of nitrogens with zero attached hydrogens (tertiary/aromatic N) is 2. The van der Waals surface area contributed by atoms with Gasteiger partial charge in [0.1, 0.15) is 21.9 Å². The molecule has 140 valence electrons. The van der Waals surface area contributed by atoms with E-state index in [1.54, 1.807) is 0 Å². The van der Waals surface area contributed by atoms with E-state index in [9.17, 15) is 31.2 Å². The van der Waals surface area contributed by atoms with Crippen LogP contribution in [0.3, 0.4) is 0 Å². The smallest absolute Gasteiger partial charge is 0.341 e. The number of rotatable bonds is 4. The van der Waals surface area contributed by atoms with Gasteiger partial charge in [-0.2, -0.15) is 13.2 Å². The maximum absolute atomic E-state index is 12.8. The predicted molar refractivity (Wildman–Crippen MR) is 84.7 cm³/mol. The van der Waals surface area contributed by atoms with Crippen LogP contribution in [-0.4, -0.2) is 48.9 Å². The van der Waals surface area contributed by atoms with Crippen molar-refractivity contribution in [3.05, 3.63) is 34.2 Å². The van der Waals surface area contributed by atoms with Crippen molar-refractivity contribution < 1.29 is 26.4 Å². The largest absolute Gasteiger partial charge is 0.421 e. The van der Waals surface area contributed by atoms with E-state index >= 15 is 0 Å². The number of aromatic nitrogens is 1. The summed E-state index contributed by atoms with van der Waals surface area (Å²) >= 11 is 0. The second-order valence-corrected chi connectivity index (χ2v) is 8.48. The fourth-order valence-corrected chi connectivity index (χ4v) is 4.11. The van der Waals surface area contributed by atoms with Crippen LogP contribution in [0, 0.1) is 5.92 Å². The Bertz CT molecular complexity index is 802. The van der Waals surface area contributed by atoms with Crippen LogP contribution in [-0.2, 0) is 27.4 Å². The van der Waals surface area contributed by atoms with Gasteiger partial charge in [-0.1, -0.05) is 0 Å². The van der Waals surface area contributed by atoms with Gasteiger partial charge in [-0.3, -0.25) is 9.59 Å². The van der Waals surface area contributed by atoms with E-state index in [0.29, 0.717) is 25.5 Å². The van der Waals surface area contributed by atoms with E-state index in [2.05, 4.69) is 0 Å². The third-order valence-corrected chi connectivity index (χ3v) is 5.12. The maximum Gasteiger partial charge on any atom is 0.421 e. The molecule has 1 saturated heterocycles. The van der Waals surface area contributed by atoms with Gasteiger partial charge in [-0.15, -0.1) is 0 Å².